The first-order chi connectivity index (χ1) is 15.6. The molecule has 2 aliphatic heterocycles. The molecule has 7 nitrogen and oxygen atoms in total. The van der Waals surface area contributed by atoms with Crippen LogP contribution in [0.1, 0.15) is 23.4 Å². The molecule has 0 bridgehead atoms. The molecule has 1 aromatic heterocycles. The zero-order chi connectivity index (χ0) is 21.9. The van der Waals surface area contributed by atoms with Crippen LogP contribution in [0.15, 0.2) is 40.9 Å². The molecule has 8 heteroatoms. The normalized spacial score (nSPS) is 17.3. The standard InChI is InChI=1S/C24H27ClN4O3/c1-17-3-5-19(6-4-17)24-26-22(32-27-24)16-29-9-7-28(8-10-29)15-18-13-20(25)23-21(14-18)30-11-2-12-31-23/h3-6,13-14H,2,7-12,15-16H2,1H3. The maximum Gasteiger partial charge on any atom is 0.241 e. The van der Waals surface area contributed by atoms with Crippen LogP contribution >= 0.6 is 11.6 Å². The molecular weight excluding hydrogens is 428 g/mol. The summed E-state index contributed by atoms with van der Waals surface area (Å²) < 4.78 is 17.0. The van der Waals surface area contributed by atoms with Gasteiger partial charge in [0.1, 0.15) is 0 Å². The van der Waals surface area contributed by atoms with Gasteiger partial charge in [-0.25, -0.2) is 0 Å². The molecule has 3 heterocycles. The largest absolute Gasteiger partial charge is 0.489 e. The Balaban J connectivity index is 1.15. The van der Waals surface area contributed by atoms with Gasteiger partial charge in [0.15, 0.2) is 11.5 Å². The average Bonchev–Trinajstić information content (AvgIpc) is 3.11. The maximum absolute atomic E-state index is 6.45. The van der Waals surface area contributed by atoms with Crippen molar-refractivity contribution in [1.29, 1.82) is 0 Å². The summed E-state index contributed by atoms with van der Waals surface area (Å²) in [5, 5.41) is 4.77. The first-order valence-corrected chi connectivity index (χ1v) is 11.4. The fraction of sp³-hybridized carbons (Fsp3) is 0.417. The van der Waals surface area contributed by atoms with Crippen molar-refractivity contribution >= 4 is 11.6 Å². The van der Waals surface area contributed by atoms with Crippen LogP contribution in [0.2, 0.25) is 5.02 Å². The molecule has 0 saturated carbocycles. The highest BCUT2D eigenvalue weighted by Crippen LogP contribution is 2.38. The lowest BCUT2D eigenvalue weighted by Crippen LogP contribution is -2.45. The van der Waals surface area contributed by atoms with Crippen LogP contribution in [-0.4, -0.2) is 59.3 Å². The Hall–Kier alpha value is -2.61. The Bertz CT molecular complexity index is 1060. The van der Waals surface area contributed by atoms with E-state index in [1.165, 1.54) is 5.56 Å². The van der Waals surface area contributed by atoms with Gasteiger partial charge in [-0.05, 0) is 24.6 Å². The first kappa shape index (κ1) is 21.2. The molecule has 0 aliphatic carbocycles. The number of nitrogens with zero attached hydrogens (tertiary/aromatic N) is 4. The Kier molecular flexibility index (Phi) is 6.30. The second kappa shape index (κ2) is 9.48. The summed E-state index contributed by atoms with van der Waals surface area (Å²) in [6.07, 6.45) is 0.870. The van der Waals surface area contributed by atoms with E-state index in [2.05, 4.69) is 45.1 Å². The summed E-state index contributed by atoms with van der Waals surface area (Å²) in [6.45, 7) is 8.68. The third-order valence-electron chi connectivity index (χ3n) is 5.87. The summed E-state index contributed by atoms with van der Waals surface area (Å²) in [5.41, 5.74) is 3.33. The van der Waals surface area contributed by atoms with Crippen LogP contribution in [0.4, 0.5) is 0 Å². The second-order valence-electron chi connectivity index (χ2n) is 8.39. The van der Waals surface area contributed by atoms with E-state index in [4.69, 9.17) is 25.6 Å². The van der Waals surface area contributed by atoms with Gasteiger partial charge < -0.3 is 14.0 Å². The van der Waals surface area contributed by atoms with Crippen molar-refractivity contribution in [1.82, 2.24) is 19.9 Å². The van der Waals surface area contributed by atoms with E-state index >= 15 is 0 Å². The third kappa shape index (κ3) is 4.90. The molecule has 3 aromatic rings. The van der Waals surface area contributed by atoms with E-state index < -0.39 is 0 Å². The Morgan fingerprint density at radius 1 is 0.938 bits per heavy atom. The number of hydrogen-bond acceptors (Lipinski definition) is 7. The Labute approximate surface area is 192 Å². The lowest BCUT2D eigenvalue weighted by atomic mass is 10.1. The van der Waals surface area contributed by atoms with Gasteiger partial charge in [-0.15, -0.1) is 0 Å². The molecule has 1 fully saturated rings. The summed E-state index contributed by atoms with van der Waals surface area (Å²) in [6, 6.07) is 12.2. The quantitative estimate of drug-likeness (QED) is 0.573. The number of halogens is 1. The predicted octanol–water partition coefficient (Wildman–Crippen LogP) is 4.18. The van der Waals surface area contributed by atoms with Crippen molar-refractivity contribution in [3.63, 3.8) is 0 Å². The van der Waals surface area contributed by atoms with E-state index in [1.807, 2.05) is 18.2 Å². The molecule has 1 saturated heterocycles. The van der Waals surface area contributed by atoms with Crippen LogP contribution in [0.3, 0.4) is 0 Å². The molecule has 0 amide bonds. The number of fused-ring (bicyclic) bond motifs is 1. The minimum atomic E-state index is 0.624. The van der Waals surface area contributed by atoms with E-state index in [0.717, 1.165) is 56.0 Å². The highest BCUT2D eigenvalue weighted by atomic mass is 35.5. The van der Waals surface area contributed by atoms with Gasteiger partial charge in [0.2, 0.25) is 11.7 Å². The number of rotatable bonds is 5. The average molecular weight is 455 g/mol. The first-order valence-electron chi connectivity index (χ1n) is 11.1. The van der Waals surface area contributed by atoms with E-state index in [9.17, 15) is 0 Å². The van der Waals surface area contributed by atoms with Gasteiger partial charge in [-0.3, -0.25) is 9.80 Å². The third-order valence-corrected chi connectivity index (χ3v) is 6.15. The van der Waals surface area contributed by atoms with Gasteiger partial charge in [0, 0.05) is 44.7 Å². The molecule has 2 aromatic carbocycles. The maximum atomic E-state index is 6.45. The molecule has 0 radical (unpaired) electrons. The van der Waals surface area contributed by atoms with Crippen LogP contribution in [-0.2, 0) is 13.1 Å². The number of benzene rings is 2. The highest BCUT2D eigenvalue weighted by molar-refractivity contribution is 6.32. The van der Waals surface area contributed by atoms with Gasteiger partial charge in [-0.2, -0.15) is 4.98 Å². The van der Waals surface area contributed by atoms with Crippen molar-refractivity contribution in [2.45, 2.75) is 26.4 Å². The van der Waals surface area contributed by atoms with E-state index in [1.54, 1.807) is 0 Å². The highest BCUT2D eigenvalue weighted by Gasteiger charge is 2.21. The topological polar surface area (TPSA) is 63.9 Å². The summed E-state index contributed by atoms with van der Waals surface area (Å²) in [7, 11) is 0. The lowest BCUT2D eigenvalue weighted by Gasteiger charge is -2.34. The number of ether oxygens (including phenoxy) is 2. The van der Waals surface area contributed by atoms with Crippen LogP contribution < -0.4 is 9.47 Å². The Morgan fingerprint density at radius 2 is 1.66 bits per heavy atom. The van der Waals surface area contributed by atoms with E-state index in [-0.39, 0.29) is 0 Å². The second-order valence-corrected chi connectivity index (χ2v) is 8.79. The molecule has 2 aliphatic rings. The van der Waals surface area contributed by atoms with Crippen molar-refractivity contribution in [2.24, 2.45) is 0 Å². The van der Waals surface area contributed by atoms with Crippen LogP contribution in [0.5, 0.6) is 11.5 Å². The van der Waals surface area contributed by atoms with Crippen molar-refractivity contribution in [3.05, 3.63) is 58.4 Å². The van der Waals surface area contributed by atoms with Gasteiger partial charge >= 0.3 is 0 Å². The molecule has 32 heavy (non-hydrogen) atoms. The SMILES string of the molecule is Cc1ccc(-c2noc(CN3CCN(Cc4cc(Cl)c5c(c4)OCCCO5)CC3)n2)cc1. The molecule has 0 N–H and O–H groups in total. The van der Waals surface area contributed by atoms with E-state index in [0.29, 0.717) is 42.2 Å². The number of aromatic nitrogens is 2. The van der Waals surface area contributed by atoms with Crippen LogP contribution in [0.25, 0.3) is 11.4 Å². The zero-order valence-electron chi connectivity index (χ0n) is 18.2. The Morgan fingerprint density at radius 3 is 2.44 bits per heavy atom. The fourth-order valence-corrected chi connectivity index (χ4v) is 4.36. The fourth-order valence-electron chi connectivity index (χ4n) is 4.07. The molecule has 0 atom stereocenters. The predicted molar refractivity (Wildman–Crippen MR) is 122 cm³/mol. The van der Waals surface area contributed by atoms with Gasteiger partial charge in [0.05, 0.1) is 24.8 Å². The van der Waals surface area contributed by atoms with Crippen LogP contribution in [0, 0.1) is 6.92 Å². The monoisotopic (exact) mass is 454 g/mol. The van der Waals surface area contributed by atoms with Gasteiger partial charge in [-0.1, -0.05) is 46.6 Å². The molecule has 0 unspecified atom stereocenters. The van der Waals surface area contributed by atoms with Crippen molar-refractivity contribution < 1.29 is 14.0 Å². The minimum absolute atomic E-state index is 0.624. The van der Waals surface area contributed by atoms with Gasteiger partial charge in [0.25, 0.3) is 0 Å². The number of hydrogen-bond donors (Lipinski definition) is 0. The zero-order valence-corrected chi connectivity index (χ0v) is 19.0. The summed E-state index contributed by atoms with van der Waals surface area (Å²) in [5.74, 6) is 2.72. The summed E-state index contributed by atoms with van der Waals surface area (Å²) >= 11 is 6.45. The molecular formula is C24H27ClN4O3. The molecule has 5 rings (SSSR count). The lowest BCUT2D eigenvalue weighted by molar-refractivity contribution is 0.112. The number of piperazine rings is 1. The molecule has 168 valence electrons. The molecule has 0 spiro atoms. The minimum Gasteiger partial charge on any atom is -0.489 e. The smallest absolute Gasteiger partial charge is 0.241 e. The van der Waals surface area contributed by atoms with Crippen molar-refractivity contribution in [2.75, 3.05) is 39.4 Å². The summed E-state index contributed by atoms with van der Waals surface area (Å²) in [4.78, 5) is 9.36. The number of aryl methyl sites for hydroxylation is 1. The van der Waals surface area contributed by atoms with Crippen molar-refractivity contribution in [3.8, 4) is 22.9 Å².